The van der Waals surface area contributed by atoms with Crippen LogP contribution in [0.2, 0.25) is 0 Å². The van der Waals surface area contributed by atoms with E-state index in [9.17, 15) is 9.59 Å². The monoisotopic (exact) mass is 358 g/mol. The minimum atomic E-state index is -0.418. The van der Waals surface area contributed by atoms with Gasteiger partial charge >= 0.3 is 0 Å². The van der Waals surface area contributed by atoms with Crippen LogP contribution in [0.1, 0.15) is 40.4 Å². The van der Waals surface area contributed by atoms with Crippen LogP contribution >= 0.6 is 0 Å². The first-order valence-electron chi connectivity index (χ1n) is 9.28. The Hall–Kier alpha value is -2.37. The first-order valence-corrected chi connectivity index (χ1v) is 9.28. The van der Waals surface area contributed by atoms with Crippen LogP contribution in [-0.2, 0) is 22.6 Å². The zero-order valence-electron chi connectivity index (χ0n) is 16.5. The lowest BCUT2D eigenvalue weighted by atomic mass is 9.96. The lowest BCUT2D eigenvalue weighted by molar-refractivity contribution is -0.131. The van der Waals surface area contributed by atoms with Gasteiger partial charge in [-0.1, -0.05) is 32.9 Å². The van der Waals surface area contributed by atoms with Gasteiger partial charge in [-0.2, -0.15) is 0 Å². The fraction of sp³-hybridized carbons (Fsp3) is 0.550. The molecule has 142 valence electrons. The summed E-state index contributed by atoms with van der Waals surface area (Å²) < 4.78 is 1.97. The number of hydrogen-bond donors (Lipinski definition) is 1. The third-order valence-corrected chi connectivity index (χ3v) is 4.46. The van der Waals surface area contributed by atoms with Crippen molar-refractivity contribution in [2.45, 2.75) is 47.6 Å². The summed E-state index contributed by atoms with van der Waals surface area (Å²) in [7, 11) is 0. The molecule has 0 spiro atoms. The maximum Gasteiger partial charge on any atom is 0.242 e. The fourth-order valence-electron chi connectivity index (χ4n) is 2.86. The molecule has 6 heteroatoms. The van der Waals surface area contributed by atoms with Crippen molar-refractivity contribution in [1.82, 2.24) is 19.8 Å². The Morgan fingerprint density at radius 1 is 1.15 bits per heavy atom. The van der Waals surface area contributed by atoms with E-state index in [0.717, 1.165) is 16.9 Å². The van der Waals surface area contributed by atoms with Gasteiger partial charge in [0.2, 0.25) is 11.8 Å². The second-order valence-corrected chi connectivity index (χ2v) is 7.42. The number of rotatable bonds is 7. The average molecular weight is 358 g/mol. The summed E-state index contributed by atoms with van der Waals surface area (Å²) in [6.07, 6.45) is 0.585. The van der Waals surface area contributed by atoms with Crippen LogP contribution in [0, 0.1) is 5.41 Å². The molecule has 0 fully saturated rings. The van der Waals surface area contributed by atoms with Gasteiger partial charge < -0.3 is 14.8 Å². The first kappa shape index (κ1) is 19.9. The number of carbonyl (C=O) groups excluding carboxylic acids is 2. The van der Waals surface area contributed by atoms with Crippen molar-refractivity contribution in [3.63, 3.8) is 0 Å². The molecule has 0 aliphatic rings. The highest BCUT2D eigenvalue weighted by Crippen LogP contribution is 2.17. The lowest BCUT2D eigenvalue weighted by Crippen LogP contribution is -2.36. The van der Waals surface area contributed by atoms with Crippen LogP contribution in [-0.4, -0.2) is 45.9 Å². The average Bonchev–Trinajstić information content (AvgIpc) is 2.93. The van der Waals surface area contributed by atoms with Crippen LogP contribution in [0.4, 0.5) is 0 Å². The minimum absolute atomic E-state index is 0.0133. The molecule has 6 nitrogen and oxygen atoms in total. The molecule has 0 saturated heterocycles. The number of benzene rings is 1. The van der Waals surface area contributed by atoms with E-state index in [-0.39, 0.29) is 18.4 Å². The Bertz CT molecular complexity index is 770. The Labute approximate surface area is 155 Å². The van der Waals surface area contributed by atoms with Crippen LogP contribution in [0.25, 0.3) is 11.0 Å². The van der Waals surface area contributed by atoms with Gasteiger partial charge in [-0.15, -0.1) is 0 Å². The molecule has 1 N–H and O–H groups in total. The van der Waals surface area contributed by atoms with Gasteiger partial charge in [-0.3, -0.25) is 9.59 Å². The van der Waals surface area contributed by atoms with E-state index in [4.69, 9.17) is 0 Å². The van der Waals surface area contributed by atoms with Crippen LogP contribution in [0.5, 0.6) is 0 Å². The fourth-order valence-corrected chi connectivity index (χ4v) is 2.86. The molecule has 0 unspecified atom stereocenters. The molecular weight excluding hydrogens is 328 g/mol. The summed E-state index contributed by atoms with van der Waals surface area (Å²) in [6, 6.07) is 7.82. The van der Waals surface area contributed by atoms with Crippen molar-refractivity contribution in [1.29, 1.82) is 0 Å². The van der Waals surface area contributed by atoms with E-state index in [1.54, 1.807) is 0 Å². The summed E-state index contributed by atoms with van der Waals surface area (Å²) in [5, 5.41) is 2.95. The highest BCUT2D eigenvalue weighted by molar-refractivity contribution is 5.82. The van der Waals surface area contributed by atoms with Crippen molar-refractivity contribution < 1.29 is 9.59 Å². The van der Waals surface area contributed by atoms with Crippen molar-refractivity contribution in [2.24, 2.45) is 5.41 Å². The molecular formula is C20H30N4O2. The van der Waals surface area contributed by atoms with Crippen LogP contribution in [0.15, 0.2) is 24.3 Å². The van der Waals surface area contributed by atoms with Crippen molar-refractivity contribution in [3.05, 3.63) is 30.1 Å². The molecule has 1 aromatic heterocycles. The number of hydrogen-bond acceptors (Lipinski definition) is 3. The highest BCUT2D eigenvalue weighted by Gasteiger charge is 2.21. The molecule has 0 saturated carbocycles. The summed E-state index contributed by atoms with van der Waals surface area (Å²) in [5.74, 6) is 0.915. The van der Waals surface area contributed by atoms with E-state index >= 15 is 0 Å². The van der Waals surface area contributed by atoms with Crippen molar-refractivity contribution >= 4 is 22.8 Å². The van der Waals surface area contributed by atoms with Gasteiger partial charge in [-0.05, 0) is 26.0 Å². The number of aromatic nitrogens is 2. The summed E-state index contributed by atoms with van der Waals surface area (Å²) >= 11 is 0. The Morgan fingerprint density at radius 3 is 2.42 bits per heavy atom. The standard InChI is InChI=1S/C20H30N4O2/c1-6-23(7-2)18(25)14-24-16-11-9-8-10-15(16)22-17(24)12-13-21-19(26)20(3,4)5/h8-11H,6-7,12-14H2,1-5H3,(H,21,26). The summed E-state index contributed by atoms with van der Waals surface area (Å²) in [5.41, 5.74) is 1.40. The van der Waals surface area contributed by atoms with Crippen molar-refractivity contribution in [3.8, 4) is 0 Å². The number of fused-ring (bicyclic) bond motifs is 1. The lowest BCUT2D eigenvalue weighted by Gasteiger charge is -2.20. The minimum Gasteiger partial charge on any atom is -0.355 e. The predicted octanol–water partition coefficient (Wildman–Crippen LogP) is 2.61. The van der Waals surface area contributed by atoms with E-state index in [1.165, 1.54) is 0 Å². The SMILES string of the molecule is CCN(CC)C(=O)Cn1c(CCNC(=O)C(C)(C)C)nc2ccccc21. The smallest absolute Gasteiger partial charge is 0.242 e. The van der Waals surface area contributed by atoms with E-state index < -0.39 is 5.41 Å². The second kappa shape index (κ2) is 8.34. The molecule has 0 atom stereocenters. The number of nitrogens with zero attached hydrogens (tertiary/aromatic N) is 3. The Morgan fingerprint density at radius 2 is 1.81 bits per heavy atom. The van der Waals surface area contributed by atoms with Gasteiger partial charge in [0, 0.05) is 31.5 Å². The van der Waals surface area contributed by atoms with Gasteiger partial charge in [0.05, 0.1) is 11.0 Å². The maximum atomic E-state index is 12.6. The predicted molar refractivity (Wildman–Crippen MR) is 104 cm³/mol. The number of amides is 2. The second-order valence-electron chi connectivity index (χ2n) is 7.42. The third kappa shape index (κ3) is 4.62. The normalized spacial score (nSPS) is 11.6. The molecule has 0 radical (unpaired) electrons. The van der Waals surface area contributed by atoms with Crippen LogP contribution < -0.4 is 5.32 Å². The maximum absolute atomic E-state index is 12.6. The molecule has 1 aromatic carbocycles. The molecule has 2 rings (SSSR count). The largest absolute Gasteiger partial charge is 0.355 e. The van der Waals surface area contributed by atoms with Gasteiger partial charge in [0.1, 0.15) is 12.4 Å². The quantitative estimate of drug-likeness (QED) is 0.827. The molecule has 0 bridgehead atoms. The summed E-state index contributed by atoms with van der Waals surface area (Å²) in [6.45, 7) is 11.8. The molecule has 0 aliphatic heterocycles. The molecule has 2 aromatic rings. The van der Waals surface area contributed by atoms with Gasteiger partial charge in [-0.25, -0.2) is 4.98 Å². The first-order chi connectivity index (χ1) is 12.3. The van der Waals surface area contributed by atoms with Crippen molar-refractivity contribution in [2.75, 3.05) is 19.6 Å². The molecule has 0 aliphatic carbocycles. The molecule has 2 amide bonds. The Kier molecular flexibility index (Phi) is 6.40. The third-order valence-electron chi connectivity index (χ3n) is 4.46. The summed E-state index contributed by atoms with van der Waals surface area (Å²) in [4.78, 5) is 31.1. The van der Waals surface area contributed by atoms with Crippen LogP contribution in [0.3, 0.4) is 0 Å². The zero-order valence-corrected chi connectivity index (χ0v) is 16.5. The number of likely N-dealkylation sites (N-methyl/N-ethyl adjacent to an activating group) is 1. The number of para-hydroxylation sites is 2. The molecule has 26 heavy (non-hydrogen) atoms. The molecule has 1 heterocycles. The topological polar surface area (TPSA) is 67.2 Å². The van der Waals surface area contributed by atoms with E-state index in [1.807, 2.05) is 68.4 Å². The number of carbonyl (C=O) groups is 2. The Balaban J connectivity index is 2.20. The van der Waals surface area contributed by atoms with E-state index in [0.29, 0.717) is 26.1 Å². The number of nitrogens with one attached hydrogen (secondary N) is 1. The van der Waals surface area contributed by atoms with Gasteiger partial charge in [0.25, 0.3) is 0 Å². The highest BCUT2D eigenvalue weighted by atomic mass is 16.2. The zero-order chi connectivity index (χ0) is 19.3. The van der Waals surface area contributed by atoms with Gasteiger partial charge in [0.15, 0.2) is 0 Å². The number of imidazole rings is 1. The van der Waals surface area contributed by atoms with E-state index in [2.05, 4.69) is 10.3 Å².